The van der Waals surface area contributed by atoms with Crippen molar-refractivity contribution in [2.45, 2.75) is 6.10 Å². The number of carbonyl (C=O) groups is 1. The van der Waals surface area contributed by atoms with E-state index < -0.39 is 17.9 Å². The van der Waals surface area contributed by atoms with E-state index in [1.165, 1.54) is 12.1 Å². The van der Waals surface area contributed by atoms with Crippen LogP contribution in [0.3, 0.4) is 0 Å². The Morgan fingerprint density at radius 3 is 2.62 bits per heavy atom. The molecule has 0 aromatic heterocycles. The van der Waals surface area contributed by atoms with Gasteiger partial charge in [0.25, 0.3) is 0 Å². The predicted molar refractivity (Wildman–Crippen MR) is 46.7 cm³/mol. The smallest absolute Gasteiger partial charge is 0.337 e. The Labute approximate surface area is 81.9 Å². The third-order valence-electron chi connectivity index (χ3n) is 1.49. The number of aliphatic carboxylic acids is 1. The molecular weight excluding hydrogens is 243 g/mol. The first kappa shape index (κ1) is 10.1. The summed E-state index contributed by atoms with van der Waals surface area (Å²) in [6.07, 6.45) is -1.68. The number of carboxylic acid groups (broad SMARTS) is 1. The van der Waals surface area contributed by atoms with E-state index in [4.69, 9.17) is 10.2 Å². The van der Waals surface area contributed by atoms with E-state index in [0.29, 0.717) is 0 Å². The number of hydrogen-bond acceptors (Lipinski definition) is 2. The predicted octanol–water partition coefficient (Wildman–Crippen LogP) is 1.71. The molecule has 2 N–H and O–H groups in total. The Kier molecular flexibility index (Phi) is 3.00. The molecule has 0 saturated carbocycles. The maximum Gasteiger partial charge on any atom is 0.337 e. The van der Waals surface area contributed by atoms with Crippen LogP contribution >= 0.6 is 15.9 Å². The molecule has 0 aliphatic carbocycles. The molecule has 13 heavy (non-hydrogen) atoms. The van der Waals surface area contributed by atoms with Gasteiger partial charge in [-0.2, -0.15) is 0 Å². The number of benzene rings is 1. The summed E-state index contributed by atoms with van der Waals surface area (Å²) < 4.78 is 13.1. The van der Waals surface area contributed by atoms with Crippen LogP contribution < -0.4 is 0 Å². The van der Waals surface area contributed by atoms with Gasteiger partial charge < -0.3 is 10.2 Å². The van der Waals surface area contributed by atoms with Crippen molar-refractivity contribution in [3.05, 3.63) is 34.1 Å². The fourth-order valence-corrected chi connectivity index (χ4v) is 1.07. The molecule has 0 amide bonds. The normalized spacial score (nSPS) is 12.5. The zero-order valence-electron chi connectivity index (χ0n) is 6.37. The summed E-state index contributed by atoms with van der Waals surface area (Å²) in [5, 5.41) is 17.4. The summed E-state index contributed by atoms with van der Waals surface area (Å²) in [5.74, 6) is -2.00. The molecule has 1 unspecified atom stereocenters. The molecular formula is C8H6BrFO3. The van der Waals surface area contributed by atoms with Crippen molar-refractivity contribution in [2.75, 3.05) is 0 Å². The number of aliphatic hydroxyl groups is 1. The maximum atomic E-state index is 12.9. The molecule has 0 bridgehead atoms. The molecule has 5 heteroatoms. The van der Waals surface area contributed by atoms with Gasteiger partial charge in [-0.1, -0.05) is 6.07 Å². The second-order valence-corrected chi connectivity index (χ2v) is 3.27. The fourth-order valence-electron chi connectivity index (χ4n) is 0.825. The van der Waals surface area contributed by atoms with E-state index in [9.17, 15) is 9.18 Å². The van der Waals surface area contributed by atoms with Gasteiger partial charge in [0.2, 0.25) is 0 Å². The zero-order chi connectivity index (χ0) is 10.0. The van der Waals surface area contributed by atoms with Crippen molar-refractivity contribution < 1.29 is 19.4 Å². The molecule has 0 spiro atoms. The van der Waals surface area contributed by atoms with Gasteiger partial charge in [-0.15, -0.1) is 0 Å². The average molecular weight is 249 g/mol. The van der Waals surface area contributed by atoms with Gasteiger partial charge in [0.05, 0.1) is 4.47 Å². The monoisotopic (exact) mass is 248 g/mol. The number of rotatable bonds is 2. The van der Waals surface area contributed by atoms with Crippen LogP contribution in [-0.4, -0.2) is 16.2 Å². The minimum Gasteiger partial charge on any atom is -0.479 e. The van der Waals surface area contributed by atoms with E-state index in [1.807, 2.05) is 0 Å². The summed E-state index contributed by atoms with van der Waals surface area (Å²) in [6.45, 7) is 0. The second-order valence-electron chi connectivity index (χ2n) is 2.41. The largest absolute Gasteiger partial charge is 0.479 e. The summed E-state index contributed by atoms with van der Waals surface area (Å²) in [4.78, 5) is 10.3. The molecule has 0 saturated heterocycles. The molecule has 0 heterocycles. The quantitative estimate of drug-likeness (QED) is 0.838. The van der Waals surface area contributed by atoms with Gasteiger partial charge in [0.1, 0.15) is 5.82 Å². The lowest BCUT2D eigenvalue weighted by Crippen LogP contribution is -2.10. The van der Waals surface area contributed by atoms with Gasteiger partial charge >= 0.3 is 5.97 Å². The highest BCUT2D eigenvalue weighted by molar-refractivity contribution is 9.10. The Morgan fingerprint density at radius 2 is 2.15 bits per heavy atom. The minimum atomic E-state index is -1.68. The molecule has 1 rings (SSSR count). The first-order chi connectivity index (χ1) is 6.02. The minimum absolute atomic E-state index is 0.0215. The Bertz CT molecular complexity index is 340. The van der Waals surface area contributed by atoms with Crippen molar-refractivity contribution in [2.24, 2.45) is 0 Å². The van der Waals surface area contributed by atoms with Crippen LogP contribution in [0.4, 0.5) is 4.39 Å². The lowest BCUT2D eigenvalue weighted by molar-refractivity contribution is -0.146. The SMILES string of the molecule is O=C(O)C(O)c1ccc(Br)c(F)c1. The zero-order valence-corrected chi connectivity index (χ0v) is 7.95. The van der Waals surface area contributed by atoms with Crippen molar-refractivity contribution in [3.8, 4) is 0 Å². The summed E-state index contributed by atoms with van der Waals surface area (Å²) in [6, 6.07) is 3.66. The summed E-state index contributed by atoms with van der Waals surface area (Å²) in [7, 11) is 0. The van der Waals surface area contributed by atoms with E-state index in [0.717, 1.165) is 6.07 Å². The van der Waals surface area contributed by atoms with Crippen molar-refractivity contribution in [3.63, 3.8) is 0 Å². The van der Waals surface area contributed by atoms with Crippen LogP contribution in [0.2, 0.25) is 0 Å². The van der Waals surface area contributed by atoms with Crippen LogP contribution in [0.1, 0.15) is 11.7 Å². The van der Waals surface area contributed by atoms with Gasteiger partial charge in [0.15, 0.2) is 6.10 Å². The molecule has 1 aromatic rings. The topological polar surface area (TPSA) is 57.5 Å². The number of aliphatic hydroxyl groups excluding tert-OH is 1. The first-order valence-electron chi connectivity index (χ1n) is 3.38. The Hall–Kier alpha value is -0.940. The van der Waals surface area contributed by atoms with E-state index in [2.05, 4.69) is 15.9 Å². The van der Waals surface area contributed by atoms with Crippen LogP contribution in [0.5, 0.6) is 0 Å². The molecule has 1 atom stereocenters. The van der Waals surface area contributed by atoms with E-state index in [-0.39, 0.29) is 10.0 Å². The van der Waals surface area contributed by atoms with Gasteiger partial charge in [-0.25, -0.2) is 9.18 Å². The third-order valence-corrected chi connectivity index (χ3v) is 2.14. The molecule has 0 radical (unpaired) electrons. The summed E-state index contributed by atoms with van der Waals surface area (Å²) >= 11 is 2.91. The average Bonchev–Trinajstić information content (AvgIpc) is 2.08. The first-order valence-corrected chi connectivity index (χ1v) is 4.17. The lowest BCUT2D eigenvalue weighted by atomic mass is 10.1. The molecule has 0 aliphatic heterocycles. The van der Waals surface area contributed by atoms with Crippen LogP contribution in [-0.2, 0) is 4.79 Å². The fraction of sp³-hybridized carbons (Fsp3) is 0.125. The molecule has 0 fully saturated rings. The molecule has 1 aromatic carbocycles. The highest BCUT2D eigenvalue weighted by Crippen LogP contribution is 2.20. The van der Waals surface area contributed by atoms with Crippen molar-refractivity contribution in [1.29, 1.82) is 0 Å². The number of hydrogen-bond donors (Lipinski definition) is 2. The van der Waals surface area contributed by atoms with Crippen LogP contribution in [0.15, 0.2) is 22.7 Å². The number of halogens is 2. The highest BCUT2D eigenvalue weighted by Gasteiger charge is 2.16. The molecule has 3 nitrogen and oxygen atoms in total. The van der Waals surface area contributed by atoms with E-state index >= 15 is 0 Å². The molecule has 70 valence electrons. The Morgan fingerprint density at radius 1 is 1.54 bits per heavy atom. The Balaban J connectivity index is 3.03. The van der Waals surface area contributed by atoms with Crippen LogP contribution in [0.25, 0.3) is 0 Å². The van der Waals surface area contributed by atoms with Crippen LogP contribution in [0, 0.1) is 5.82 Å². The van der Waals surface area contributed by atoms with Crippen molar-refractivity contribution >= 4 is 21.9 Å². The standard InChI is InChI=1S/C8H6BrFO3/c9-5-2-1-4(3-6(5)10)7(11)8(12)13/h1-3,7,11H,(H,12,13). The van der Waals surface area contributed by atoms with Crippen molar-refractivity contribution in [1.82, 2.24) is 0 Å². The second kappa shape index (κ2) is 3.85. The molecule has 0 aliphatic rings. The lowest BCUT2D eigenvalue weighted by Gasteiger charge is -2.05. The summed E-state index contributed by atoms with van der Waals surface area (Å²) in [5.41, 5.74) is 0.0215. The third kappa shape index (κ3) is 2.26. The maximum absolute atomic E-state index is 12.9. The van der Waals surface area contributed by atoms with Gasteiger partial charge in [0, 0.05) is 0 Å². The highest BCUT2D eigenvalue weighted by atomic mass is 79.9. The van der Waals surface area contributed by atoms with Gasteiger partial charge in [-0.05, 0) is 33.6 Å². The van der Waals surface area contributed by atoms with E-state index in [1.54, 1.807) is 0 Å². The number of carboxylic acids is 1. The van der Waals surface area contributed by atoms with Gasteiger partial charge in [-0.3, -0.25) is 0 Å².